The SMILES string of the molecule is CC(=O)Nc1cccc(NC(=O)C(CC(C)C)NC(=O)c2ccccc2C)c1C. The summed E-state index contributed by atoms with van der Waals surface area (Å²) in [5, 5.41) is 8.51. The lowest BCUT2D eigenvalue weighted by molar-refractivity contribution is -0.118. The van der Waals surface area contributed by atoms with Crippen LogP contribution in [0.5, 0.6) is 0 Å². The third-order valence-corrected chi connectivity index (χ3v) is 4.62. The van der Waals surface area contributed by atoms with E-state index in [0.29, 0.717) is 23.4 Å². The van der Waals surface area contributed by atoms with Gasteiger partial charge in [-0.05, 0) is 55.5 Å². The maximum absolute atomic E-state index is 13.0. The monoisotopic (exact) mass is 395 g/mol. The molecule has 154 valence electrons. The van der Waals surface area contributed by atoms with Gasteiger partial charge in [0.15, 0.2) is 0 Å². The first-order chi connectivity index (χ1) is 13.7. The number of carbonyl (C=O) groups is 3. The number of carbonyl (C=O) groups excluding carboxylic acids is 3. The zero-order valence-electron chi connectivity index (χ0n) is 17.6. The molecule has 2 aromatic carbocycles. The Balaban J connectivity index is 2.20. The summed E-state index contributed by atoms with van der Waals surface area (Å²) < 4.78 is 0. The Labute approximate surface area is 172 Å². The maximum Gasteiger partial charge on any atom is 0.252 e. The van der Waals surface area contributed by atoms with Gasteiger partial charge in [0.25, 0.3) is 5.91 Å². The van der Waals surface area contributed by atoms with Gasteiger partial charge in [-0.15, -0.1) is 0 Å². The van der Waals surface area contributed by atoms with Crippen molar-refractivity contribution < 1.29 is 14.4 Å². The third-order valence-electron chi connectivity index (χ3n) is 4.62. The number of aryl methyl sites for hydroxylation is 1. The van der Waals surface area contributed by atoms with Gasteiger partial charge in [0.05, 0.1) is 0 Å². The second kappa shape index (κ2) is 9.87. The Morgan fingerprint density at radius 3 is 2.10 bits per heavy atom. The van der Waals surface area contributed by atoms with E-state index in [1.807, 2.05) is 39.8 Å². The first kappa shape index (κ1) is 22.1. The molecular weight excluding hydrogens is 366 g/mol. The molecule has 3 N–H and O–H groups in total. The zero-order valence-corrected chi connectivity index (χ0v) is 17.6. The van der Waals surface area contributed by atoms with E-state index in [4.69, 9.17) is 0 Å². The molecule has 2 aromatic rings. The van der Waals surface area contributed by atoms with Crippen LogP contribution in [0, 0.1) is 19.8 Å². The number of benzene rings is 2. The van der Waals surface area contributed by atoms with Gasteiger partial charge in [0.1, 0.15) is 6.04 Å². The quantitative estimate of drug-likeness (QED) is 0.661. The molecule has 2 rings (SSSR count). The minimum atomic E-state index is -0.675. The van der Waals surface area contributed by atoms with Crippen LogP contribution < -0.4 is 16.0 Å². The van der Waals surface area contributed by atoms with Gasteiger partial charge < -0.3 is 16.0 Å². The van der Waals surface area contributed by atoms with E-state index in [0.717, 1.165) is 11.1 Å². The molecule has 29 heavy (non-hydrogen) atoms. The van der Waals surface area contributed by atoms with Crippen molar-refractivity contribution in [1.82, 2.24) is 5.32 Å². The predicted molar refractivity (Wildman–Crippen MR) is 116 cm³/mol. The van der Waals surface area contributed by atoms with Crippen LogP contribution >= 0.6 is 0 Å². The van der Waals surface area contributed by atoms with Crippen molar-refractivity contribution >= 4 is 29.1 Å². The van der Waals surface area contributed by atoms with E-state index in [-0.39, 0.29) is 23.6 Å². The fraction of sp³-hybridized carbons (Fsp3) is 0.348. The van der Waals surface area contributed by atoms with Gasteiger partial charge in [-0.25, -0.2) is 0 Å². The molecule has 0 fully saturated rings. The van der Waals surface area contributed by atoms with Crippen LogP contribution in [0.3, 0.4) is 0 Å². The summed E-state index contributed by atoms with van der Waals surface area (Å²) in [6.07, 6.45) is 0.508. The molecule has 0 aliphatic carbocycles. The lowest BCUT2D eigenvalue weighted by atomic mass is 10.0. The summed E-state index contributed by atoms with van der Waals surface area (Å²) in [5.41, 5.74) is 3.40. The van der Waals surface area contributed by atoms with Gasteiger partial charge in [-0.3, -0.25) is 14.4 Å². The molecule has 0 saturated heterocycles. The highest BCUT2D eigenvalue weighted by Crippen LogP contribution is 2.24. The smallest absolute Gasteiger partial charge is 0.252 e. The Morgan fingerprint density at radius 1 is 0.897 bits per heavy atom. The van der Waals surface area contributed by atoms with E-state index >= 15 is 0 Å². The van der Waals surface area contributed by atoms with Gasteiger partial charge in [-0.2, -0.15) is 0 Å². The molecule has 6 nitrogen and oxygen atoms in total. The fourth-order valence-corrected chi connectivity index (χ4v) is 3.08. The lowest BCUT2D eigenvalue weighted by Gasteiger charge is -2.22. The van der Waals surface area contributed by atoms with Crippen molar-refractivity contribution in [1.29, 1.82) is 0 Å². The molecule has 0 aliphatic heterocycles. The van der Waals surface area contributed by atoms with Gasteiger partial charge in [0.2, 0.25) is 11.8 Å². The summed E-state index contributed by atoms with van der Waals surface area (Å²) in [5.74, 6) is -0.522. The molecule has 0 spiro atoms. The standard InChI is InChI=1S/C23H29N3O3/c1-14(2)13-21(26-22(28)18-10-7-6-9-15(18)3)23(29)25-20-12-8-11-19(16(20)4)24-17(5)27/h6-12,14,21H,13H2,1-5H3,(H,24,27)(H,25,29)(H,26,28). The third kappa shape index (κ3) is 6.17. The second-order valence-corrected chi connectivity index (χ2v) is 7.62. The average Bonchev–Trinajstić information content (AvgIpc) is 2.64. The Morgan fingerprint density at radius 2 is 1.52 bits per heavy atom. The van der Waals surface area contributed by atoms with Crippen LogP contribution in [0.2, 0.25) is 0 Å². The van der Waals surface area contributed by atoms with Gasteiger partial charge >= 0.3 is 0 Å². The van der Waals surface area contributed by atoms with E-state index in [2.05, 4.69) is 16.0 Å². The van der Waals surface area contributed by atoms with E-state index < -0.39 is 6.04 Å². The Bertz CT molecular complexity index is 906. The second-order valence-electron chi connectivity index (χ2n) is 7.62. The van der Waals surface area contributed by atoms with Crippen LogP contribution in [0.15, 0.2) is 42.5 Å². The molecule has 6 heteroatoms. The van der Waals surface area contributed by atoms with E-state index in [1.165, 1.54) is 6.92 Å². The summed E-state index contributed by atoms with van der Waals surface area (Å²) in [6, 6.07) is 11.9. The van der Waals surface area contributed by atoms with Crippen molar-refractivity contribution in [3.05, 3.63) is 59.2 Å². The summed E-state index contributed by atoms with van der Waals surface area (Å²) in [4.78, 5) is 37.1. The van der Waals surface area contributed by atoms with Gasteiger partial charge in [-0.1, -0.05) is 38.1 Å². The van der Waals surface area contributed by atoms with E-state index in [1.54, 1.807) is 30.3 Å². The summed E-state index contributed by atoms with van der Waals surface area (Å²) >= 11 is 0. The number of rotatable bonds is 7. The van der Waals surface area contributed by atoms with Crippen LogP contribution in [-0.2, 0) is 9.59 Å². The molecular formula is C23H29N3O3. The number of hydrogen-bond acceptors (Lipinski definition) is 3. The number of hydrogen-bond donors (Lipinski definition) is 3. The molecule has 0 radical (unpaired) electrons. The number of anilines is 2. The molecule has 0 heterocycles. The predicted octanol–water partition coefficient (Wildman–Crippen LogP) is 4.05. The fourth-order valence-electron chi connectivity index (χ4n) is 3.08. The lowest BCUT2D eigenvalue weighted by Crippen LogP contribution is -2.44. The summed E-state index contributed by atoms with van der Waals surface area (Å²) in [6.45, 7) is 9.13. The first-order valence-corrected chi connectivity index (χ1v) is 9.73. The topological polar surface area (TPSA) is 87.3 Å². The first-order valence-electron chi connectivity index (χ1n) is 9.73. The average molecular weight is 396 g/mol. The Hall–Kier alpha value is -3.15. The van der Waals surface area contributed by atoms with Crippen molar-refractivity contribution in [3.8, 4) is 0 Å². The van der Waals surface area contributed by atoms with Crippen LogP contribution in [0.4, 0.5) is 11.4 Å². The number of amides is 3. The largest absolute Gasteiger partial charge is 0.340 e. The molecule has 0 saturated carbocycles. The highest BCUT2D eigenvalue weighted by Gasteiger charge is 2.24. The van der Waals surface area contributed by atoms with Gasteiger partial charge in [0, 0.05) is 23.9 Å². The van der Waals surface area contributed by atoms with Crippen LogP contribution in [-0.4, -0.2) is 23.8 Å². The molecule has 0 bridgehead atoms. The number of nitrogens with one attached hydrogen (secondary N) is 3. The van der Waals surface area contributed by atoms with E-state index in [9.17, 15) is 14.4 Å². The molecule has 0 aliphatic rings. The van der Waals surface area contributed by atoms with Crippen molar-refractivity contribution in [2.75, 3.05) is 10.6 Å². The maximum atomic E-state index is 13.0. The minimum absolute atomic E-state index is 0.181. The van der Waals surface area contributed by atoms with Crippen LogP contribution in [0.25, 0.3) is 0 Å². The van der Waals surface area contributed by atoms with Crippen molar-refractivity contribution in [3.63, 3.8) is 0 Å². The normalized spacial score (nSPS) is 11.7. The molecule has 3 amide bonds. The molecule has 0 aromatic heterocycles. The van der Waals surface area contributed by atoms with Crippen LogP contribution in [0.1, 0.15) is 48.7 Å². The molecule has 1 atom stereocenters. The Kier molecular flexibility index (Phi) is 7.53. The summed E-state index contributed by atoms with van der Waals surface area (Å²) in [7, 11) is 0. The minimum Gasteiger partial charge on any atom is -0.340 e. The van der Waals surface area contributed by atoms with Crippen molar-refractivity contribution in [2.45, 2.75) is 47.1 Å². The molecule has 1 unspecified atom stereocenters. The highest BCUT2D eigenvalue weighted by atomic mass is 16.2. The zero-order chi connectivity index (χ0) is 21.6. The highest BCUT2D eigenvalue weighted by molar-refractivity contribution is 6.02. The van der Waals surface area contributed by atoms with Crippen molar-refractivity contribution in [2.24, 2.45) is 5.92 Å².